The third kappa shape index (κ3) is 0.661. The van der Waals surface area contributed by atoms with Crippen LogP contribution in [0.1, 0.15) is 27.2 Å². The molecule has 0 aromatic carbocycles. The van der Waals surface area contributed by atoms with Crippen LogP contribution in [-0.4, -0.2) is 11.6 Å². The normalized spacial score (nSPS) is 44.1. The molecule has 0 N–H and O–H groups in total. The maximum absolute atomic E-state index is 11.5. The molecule has 0 spiro atoms. The molecule has 3 rings (SSSR count). The number of fused-ring (bicyclic) bond motifs is 2. The highest BCUT2D eigenvalue weighted by molar-refractivity contribution is 6.03. The first-order valence-electron chi connectivity index (χ1n) is 4.52. The van der Waals surface area contributed by atoms with E-state index in [1.54, 1.807) is 0 Å². The Hall–Kier alpha value is -0.660. The first-order valence-corrected chi connectivity index (χ1v) is 4.52. The molecule has 3 fully saturated rings. The molecule has 3 aliphatic carbocycles. The van der Waals surface area contributed by atoms with Crippen molar-refractivity contribution in [3.05, 3.63) is 0 Å². The summed E-state index contributed by atoms with van der Waals surface area (Å²) in [6, 6.07) is 0. The number of rotatable bonds is 0. The van der Waals surface area contributed by atoms with Gasteiger partial charge in [0.25, 0.3) is 0 Å². The lowest BCUT2D eigenvalue weighted by atomic mass is 9.45. The second kappa shape index (κ2) is 1.98. The van der Waals surface area contributed by atoms with Gasteiger partial charge in [-0.05, 0) is 5.41 Å². The highest BCUT2D eigenvalue weighted by Gasteiger charge is 2.62. The number of carbonyl (C=O) groups is 2. The smallest absolute Gasteiger partial charge is 0.141 e. The Labute approximate surface area is 72.3 Å². The number of Topliss-reactive ketones (excluding diaryl/α,β-unsaturated/α-hetero) is 2. The molecular formula is C10H14O2. The van der Waals surface area contributed by atoms with E-state index in [4.69, 9.17) is 0 Å². The Morgan fingerprint density at radius 3 is 2.25 bits per heavy atom. The van der Waals surface area contributed by atoms with Crippen LogP contribution in [0.25, 0.3) is 0 Å². The molecule has 3 atom stereocenters. The van der Waals surface area contributed by atoms with E-state index in [9.17, 15) is 9.59 Å². The molecule has 0 aromatic rings. The van der Waals surface area contributed by atoms with Crippen LogP contribution < -0.4 is 0 Å². The van der Waals surface area contributed by atoms with Crippen molar-refractivity contribution in [3.63, 3.8) is 0 Å². The summed E-state index contributed by atoms with van der Waals surface area (Å²) in [5.74, 6) is 0.628. The average Bonchev–Trinajstić information content (AvgIpc) is 1.96. The summed E-state index contributed by atoms with van der Waals surface area (Å²) >= 11 is 0. The van der Waals surface area contributed by atoms with Gasteiger partial charge in [0.05, 0.1) is 0 Å². The van der Waals surface area contributed by atoms with E-state index >= 15 is 0 Å². The third-order valence-corrected chi connectivity index (χ3v) is 3.76. The van der Waals surface area contributed by atoms with E-state index in [0.29, 0.717) is 12.2 Å². The molecule has 3 saturated carbocycles. The van der Waals surface area contributed by atoms with Gasteiger partial charge >= 0.3 is 0 Å². The molecule has 3 aliphatic rings. The number of ketones is 2. The maximum atomic E-state index is 11.5. The zero-order valence-electron chi connectivity index (χ0n) is 7.76. The molecule has 66 valence electrons. The lowest BCUT2D eigenvalue weighted by Gasteiger charge is -2.56. The van der Waals surface area contributed by atoms with Gasteiger partial charge in [-0.2, -0.15) is 0 Å². The zero-order valence-corrected chi connectivity index (χ0v) is 7.76. The number of hydrogen-bond donors (Lipinski definition) is 0. The first-order chi connectivity index (χ1) is 5.46. The monoisotopic (exact) mass is 166 g/mol. The Morgan fingerprint density at radius 1 is 1.33 bits per heavy atom. The van der Waals surface area contributed by atoms with Crippen molar-refractivity contribution >= 4 is 11.6 Å². The summed E-state index contributed by atoms with van der Waals surface area (Å²) in [6.07, 6.45) is 0.490. The molecule has 0 radical (unpaired) electrons. The van der Waals surface area contributed by atoms with Gasteiger partial charge in [-0.3, -0.25) is 9.59 Å². The van der Waals surface area contributed by atoms with E-state index < -0.39 is 0 Å². The highest BCUT2D eigenvalue weighted by Crippen LogP contribution is 2.57. The highest BCUT2D eigenvalue weighted by atomic mass is 16.1. The SMILES string of the molecule is CC1C(=O)CC2C(=O)C1C2(C)C. The van der Waals surface area contributed by atoms with E-state index in [0.717, 1.165) is 0 Å². The van der Waals surface area contributed by atoms with Crippen LogP contribution in [0, 0.1) is 23.2 Å². The van der Waals surface area contributed by atoms with Crippen molar-refractivity contribution in [2.24, 2.45) is 23.2 Å². The fourth-order valence-electron chi connectivity index (χ4n) is 2.90. The van der Waals surface area contributed by atoms with Crippen molar-refractivity contribution < 1.29 is 9.59 Å². The second-order valence-electron chi connectivity index (χ2n) is 4.71. The van der Waals surface area contributed by atoms with Crippen molar-refractivity contribution in [1.29, 1.82) is 0 Å². The maximum Gasteiger partial charge on any atom is 0.141 e. The molecule has 0 heterocycles. The molecule has 0 saturated heterocycles. The average molecular weight is 166 g/mol. The van der Waals surface area contributed by atoms with Crippen LogP contribution in [0.5, 0.6) is 0 Å². The summed E-state index contributed by atoms with van der Waals surface area (Å²) in [5, 5.41) is 0. The predicted molar refractivity (Wildman–Crippen MR) is 44.6 cm³/mol. The number of hydrogen-bond acceptors (Lipinski definition) is 2. The minimum absolute atomic E-state index is 0.0174. The van der Waals surface area contributed by atoms with E-state index in [1.807, 2.05) is 6.92 Å². The summed E-state index contributed by atoms with van der Waals surface area (Å²) in [7, 11) is 0. The Balaban J connectivity index is 2.35. The zero-order chi connectivity index (χ0) is 9.09. The van der Waals surface area contributed by atoms with Gasteiger partial charge < -0.3 is 0 Å². The van der Waals surface area contributed by atoms with Gasteiger partial charge in [-0.1, -0.05) is 20.8 Å². The minimum Gasteiger partial charge on any atom is -0.299 e. The van der Waals surface area contributed by atoms with Crippen LogP contribution in [0.4, 0.5) is 0 Å². The predicted octanol–water partition coefficient (Wildman–Crippen LogP) is 1.44. The lowest BCUT2D eigenvalue weighted by molar-refractivity contribution is -0.172. The third-order valence-electron chi connectivity index (χ3n) is 3.76. The molecular weight excluding hydrogens is 152 g/mol. The largest absolute Gasteiger partial charge is 0.299 e. The van der Waals surface area contributed by atoms with Gasteiger partial charge in [0, 0.05) is 24.2 Å². The summed E-state index contributed by atoms with van der Waals surface area (Å²) in [5.41, 5.74) is 0.0877. The van der Waals surface area contributed by atoms with Gasteiger partial charge in [-0.25, -0.2) is 0 Å². The fourth-order valence-corrected chi connectivity index (χ4v) is 2.90. The van der Waals surface area contributed by atoms with E-state index in [1.165, 1.54) is 0 Å². The van der Waals surface area contributed by atoms with Gasteiger partial charge in [-0.15, -0.1) is 0 Å². The Morgan fingerprint density at radius 2 is 1.92 bits per heavy atom. The molecule has 0 amide bonds. The topological polar surface area (TPSA) is 34.1 Å². The standard InChI is InChI=1S/C10H14O2/c1-5-7(11)4-6-9(12)8(5)10(6,2)3/h5-6,8H,4H2,1-3H3. The molecule has 2 heteroatoms. The second-order valence-corrected chi connectivity index (χ2v) is 4.71. The van der Waals surface area contributed by atoms with Crippen LogP contribution in [0.2, 0.25) is 0 Å². The van der Waals surface area contributed by atoms with Crippen LogP contribution >= 0.6 is 0 Å². The molecule has 0 aromatic heterocycles. The molecule has 2 bridgehead atoms. The van der Waals surface area contributed by atoms with E-state index in [2.05, 4.69) is 13.8 Å². The Bertz CT molecular complexity index is 265. The van der Waals surface area contributed by atoms with Gasteiger partial charge in [0.2, 0.25) is 0 Å². The van der Waals surface area contributed by atoms with Crippen molar-refractivity contribution in [1.82, 2.24) is 0 Å². The number of carbonyl (C=O) groups excluding carboxylic acids is 2. The summed E-state index contributed by atoms with van der Waals surface area (Å²) in [6.45, 7) is 6.10. The van der Waals surface area contributed by atoms with Gasteiger partial charge in [0.15, 0.2) is 0 Å². The molecule has 3 unspecified atom stereocenters. The van der Waals surface area contributed by atoms with Crippen LogP contribution in [0.3, 0.4) is 0 Å². The van der Waals surface area contributed by atoms with E-state index in [-0.39, 0.29) is 29.0 Å². The van der Waals surface area contributed by atoms with Crippen molar-refractivity contribution in [2.45, 2.75) is 27.2 Å². The van der Waals surface area contributed by atoms with Crippen molar-refractivity contribution in [3.8, 4) is 0 Å². The van der Waals surface area contributed by atoms with Crippen molar-refractivity contribution in [2.75, 3.05) is 0 Å². The lowest BCUT2D eigenvalue weighted by Crippen LogP contribution is -2.62. The summed E-state index contributed by atoms with van der Waals surface area (Å²) in [4.78, 5) is 22.8. The summed E-state index contributed by atoms with van der Waals surface area (Å²) < 4.78 is 0. The fraction of sp³-hybridized carbons (Fsp3) is 0.800. The van der Waals surface area contributed by atoms with Crippen LogP contribution in [0.15, 0.2) is 0 Å². The minimum atomic E-state index is -0.0301. The van der Waals surface area contributed by atoms with Crippen LogP contribution in [-0.2, 0) is 9.59 Å². The Kier molecular flexibility index (Phi) is 1.31. The first kappa shape index (κ1) is 7.96. The molecule has 12 heavy (non-hydrogen) atoms. The molecule has 0 aliphatic heterocycles. The molecule has 2 nitrogen and oxygen atoms in total. The quantitative estimate of drug-likeness (QED) is 0.545. The van der Waals surface area contributed by atoms with Gasteiger partial charge in [0.1, 0.15) is 11.6 Å².